The Morgan fingerprint density at radius 3 is 1.22 bits per heavy atom. The van der Waals surface area contributed by atoms with Crippen molar-refractivity contribution in [3.8, 4) is 0 Å². The number of allylic oxidation sites excluding steroid dienone is 12. The Labute approximate surface area is 493 Å². The molecule has 1 aliphatic heterocycles. The molecule has 0 radical (unpaired) electrons. The second-order valence-electron chi connectivity index (χ2n) is 22.4. The first-order valence-corrected chi connectivity index (χ1v) is 32.9. The van der Waals surface area contributed by atoms with Gasteiger partial charge < -0.3 is 39.0 Å². The fourth-order valence-electron chi connectivity index (χ4n) is 9.74. The Bertz CT molecular complexity index is 1680. The summed E-state index contributed by atoms with van der Waals surface area (Å²) in [5.41, 5.74) is 0. The van der Waals surface area contributed by atoms with Crippen LogP contribution in [0.15, 0.2) is 72.9 Å². The largest absolute Gasteiger partial charge is 0.479 e. The van der Waals surface area contributed by atoms with E-state index in [0.717, 1.165) is 109 Å². The zero-order chi connectivity index (χ0) is 58.9. The molecule has 0 saturated carbocycles. The summed E-state index contributed by atoms with van der Waals surface area (Å²) in [6.07, 6.45) is 60.1. The van der Waals surface area contributed by atoms with Gasteiger partial charge in [-0.1, -0.05) is 254 Å². The number of hydrogen-bond acceptors (Lipinski definition) is 11. The molecule has 1 saturated heterocycles. The van der Waals surface area contributed by atoms with Crippen LogP contribution in [-0.4, -0.2) is 89.2 Å². The molecule has 0 spiro atoms. The van der Waals surface area contributed by atoms with Crippen LogP contribution in [0.5, 0.6) is 0 Å². The molecule has 12 heteroatoms. The van der Waals surface area contributed by atoms with Gasteiger partial charge in [-0.15, -0.1) is 0 Å². The van der Waals surface area contributed by atoms with E-state index in [2.05, 4.69) is 93.7 Å². The molecule has 12 nitrogen and oxygen atoms in total. The molecule has 6 atom stereocenters. The highest BCUT2D eigenvalue weighted by molar-refractivity contribution is 5.74. The normalized spacial score (nSPS) is 18.2. The Morgan fingerprint density at radius 1 is 0.420 bits per heavy atom. The third-order valence-electron chi connectivity index (χ3n) is 14.8. The van der Waals surface area contributed by atoms with Crippen molar-refractivity contribution in [3.63, 3.8) is 0 Å². The fraction of sp³-hybridized carbons (Fsp3) is 0.768. The second-order valence-corrected chi connectivity index (χ2v) is 22.4. The fourth-order valence-corrected chi connectivity index (χ4v) is 9.74. The van der Waals surface area contributed by atoms with Crippen LogP contribution in [0.4, 0.5) is 0 Å². The zero-order valence-corrected chi connectivity index (χ0v) is 51.5. The average molecular weight is 1140 g/mol. The molecule has 1 fully saturated rings. The Hall–Kier alpha value is -3.84. The maximum absolute atomic E-state index is 13.2. The summed E-state index contributed by atoms with van der Waals surface area (Å²) in [6.45, 7) is 5.86. The van der Waals surface area contributed by atoms with Crippen LogP contribution in [0.3, 0.4) is 0 Å². The standard InChI is InChI=1S/C69H118O12/c1-4-7-10-13-16-19-22-25-27-29-31-33-35-38-40-43-46-49-52-55-61(70)77-58-60(79-62(71)56-53-50-47-44-42-39-36-34-32-30-28-26-23-20-17-14-11-8-5-2)59-78-69-67(65(74)64(73)66(81-69)68(75)76)80-63(72)57-54-51-48-45-41-37-24-21-18-15-12-9-6-3/h9,12,16,18-19,21,25,27,31,33,37,41,60,64-67,69,73-74H,4-8,10-11,13-15,17,20,22-24,26,28-30,32,34-36,38-40,42-59H2,1-3H3,(H,75,76)/b12-9-,19-16-,21-18-,27-25-,33-31-,41-37-. The van der Waals surface area contributed by atoms with Gasteiger partial charge in [-0.3, -0.25) is 14.4 Å². The molecule has 466 valence electrons. The summed E-state index contributed by atoms with van der Waals surface area (Å²) in [5, 5.41) is 31.5. The first kappa shape index (κ1) is 75.2. The van der Waals surface area contributed by atoms with Crippen molar-refractivity contribution in [2.75, 3.05) is 13.2 Å². The number of aliphatic hydroxyl groups excluding tert-OH is 2. The first-order chi connectivity index (χ1) is 39.6. The molecule has 0 aromatic heterocycles. The van der Waals surface area contributed by atoms with Gasteiger partial charge in [0.15, 0.2) is 24.6 Å². The molecular weight excluding hydrogens is 1020 g/mol. The van der Waals surface area contributed by atoms with E-state index in [-0.39, 0.29) is 25.9 Å². The van der Waals surface area contributed by atoms with Gasteiger partial charge in [0.2, 0.25) is 0 Å². The lowest BCUT2D eigenvalue weighted by Gasteiger charge is -2.40. The van der Waals surface area contributed by atoms with Crippen molar-refractivity contribution in [1.82, 2.24) is 0 Å². The number of rotatable bonds is 56. The SMILES string of the molecule is CC/C=C\C/C=C\C/C=C\CCCCCC(=O)OC1C(OCC(COC(=O)CCCCCCCC/C=C\C/C=C\C/C=C\CCCCC)OC(=O)CCCCCCCCCCCCCCCCCCCCC)OC(C(=O)O)C(O)C1O. The number of aliphatic carboxylic acids is 1. The summed E-state index contributed by atoms with van der Waals surface area (Å²) in [5.74, 6) is -3.16. The molecule has 1 heterocycles. The summed E-state index contributed by atoms with van der Waals surface area (Å²) >= 11 is 0. The minimum Gasteiger partial charge on any atom is -0.479 e. The van der Waals surface area contributed by atoms with E-state index in [1.165, 1.54) is 122 Å². The maximum Gasteiger partial charge on any atom is 0.335 e. The van der Waals surface area contributed by atoms with Crippen molar-refractivity contribution >= 4 is 23.9 Å². The highest BCUT2D eigenvalue weighted by Crippen LogP contribution is 2.27. The Balaban J connectivity index is 2.66. The summed E-state index contributed by atoms with van der Waals surface area (Å²) in [7, 11) is 0. The lowest BCUT2D eigenvalue weighted by Crippen LogP contribution is -2.61. The highest BCUT2D eigenvalue weighted by atomic mass is 16.7. The molecule has 6 unspecified atom stereocenters. The minimum absolute atomic E-state index is 0.0234. The molecule has 1 rings (SSSR count). The molecule has 3 N–H and O–H groups in total. The number of carbonyl (C=O) groups excluding carboxylic acids is 3. The van der Waals surface area contributed by atoms with E-state index in [9.17, 15) is 34.5 Å². The number of esters is 3. The molecule has 1 aliphatic rings. The molecule has 0 aliphatic carbocycles. The number of carboxylic acid groups (broad SMARTS) is 1. The van der Waals surface area contributed by atoms with Crippen LogP contribution in [0.25, 0.3) is 0 Å². The first-order valence-electron chi connectivity index (χ1n) is 32.9. The Morgan fingerprint density at radius 2 is 0.778 bits per heavy atom. The van der Waals surface area contributed by atoms with Crippen LogP contribution >= 0.6 is 0 Å². The van der Waals surface area contributed by atoms with Gasteiger partial charge in [-0.25, -0.2) is 4.79 Å². The quantitative estimate of drug-likeness (QED) is 0.0228. The summed E-state index contributed by atoms with van der Waals surface area (Å²) in [6, 6.07) is 0. The summed E-state index contributed by atoms with van der Waals surface area (Å²) in [4.78, 5) is 51.3. The number of carbonyl (C=O) groups is 4. The minimum atomic E-state index is -1.92. The van der Waals surface area contributed by atoms with Crippen LogP contribution < -0.4 is 0 Å². The number of hydrogen-bond donors (Lipinski definition) is 3. The van der Waals surface area contributed by atoms with E-state index in [0.29, 0.717) is 19.3 Å². The lowest BCUT2D eigenvalue weighted by molar-refractivity contribution is -0.301. The van der Waals surface area contributed by atoms with Crippen LogP contribution in [-0.2, 0) is 42.9 Å². The number of ether oxygens (including phenoxy) is 5. The van der Waals surface area contributed by atoms with Crippen molar-refractivity contribution in [2.24, 2.45) is 0 Å². The molecule has 0 amide bonds. The number of unbranched alkanes of at least 4 members (excludes halogenated alkanes) is 30. The van der Waals surface area contributed by atoms with Gasteiger partial charge in [-0.05, 0) is 89.9 Å². The third-order valence-corrected chi connectivity index (χ3v) is 14.8. The van der Waals surface area contributed by atoms with E-state index in [4.69, 9.17) is 23.7 Å². The summed E-state index contributed by atoms with van der Waals surface area (Å²) < 4.78 is 28.5. The highest BCUT2D eigenvalue weighted by Gasteiger charge is 2.50. The number of aliphatic hydroxyl groups is 2. The van der Waals surface area contributed by atoms with Gasteiger partial charge in [-0.2, -0.15) is 0 Å². The monoisotopic (exact) mass is 1140 g/mol. The molecule has 0 aromatic rings. The van der Waals surface area contributed by atoms with Gasteiger partial charge in [0.05, 0.1) is 6.61 Å². The van der Waals surface area contributed by atoms with E-state index in [1.807, 2.05) is 0 Å². The maximum atomic E-state index is 13.2. The van der Waals surface area contributed by atoms with Gasteiger partial charge >= 0.3 is 23.9 Å². The smallest absolute Gasteiger partial charge is 0.335 e. The predicted octanol–water partition coefficient (Wildman–Crippen LogP) is 17.7. The van der Waals surface area contributed by atoms with Gasteiger partial charge in [0, 0.05) is 19.3 Å². The third kappa shape index (κ3) is 46.3. The van der Waals surface area contributed by atoms with Gasteiger partial charge in [0.25, 0.3) is 0 Å². The topological polar surface area (TPSA) is 175 Å². The molecule has 0 bridgehead atoms. The molecule has 81 heavy (non-hydrogen) atoms. The predicted molar refractivity (Wildman–Crippen MR) is 331 cm³/mol. The van der Waals surface area contributed by atoms with E-state index >= 15 is 0 Å². The number of carboxylic acids is 1. The Kier molecular flexibility index (Phi) is 52.6. The molecule has 0 aromatic carbocycles. The van der Waals surface area contributed by atoms with Crippen LogP contribution in [0.2, 0.25) is 0 Å². The van der Waals surface area contributed by atoms with Crippen LogP contribution in [0, 0.1) is 0 Å². The van der Waals surface area contributed by atoms with Crippen molar-refractivity contribution in [1.29, 1.82) is 0 Å². The lowest BCUT2D eigenvalue weighted by atomic mass is 9.98. The van der Waals surface area contributed by atoms with Crippen molar-refractivity contribution in [3.05, 3.63) is 72.9 Å². The average Bonchev–Trinajstić information content (AvgIpc) is 3.54. The van der Waals surface area contributed by atoms with Crippen LogP contribution in [0.1, 0.15) is 290 Å². The van der Waals surface area contributed by atoms with E-state index < -0.39 is 67.3 Å². The van der Waals surface area contributed by atoms with Crippen molar-refractivity contribution < 1.29 is 58.2 Å². The van der Waals surface area contributed by atoms with E-state index in [1.54, 1.807) is 0 Å². The van der Waals surface area contributed by atoms with Gasteiger partial charge in [0.1, 0.15) is 18.8 Å². The molecular formula is C69H118O12. The second kappa shape index (κ2) is 56.6. The zero-order valence-electron chi connectivity index (χ0n) is 51.5. The van der Waals surface area contributed by atoms with Crippen molar-refractivity contribution in [2.45, 2.75) is 327 Å².